The van der Waals surface area contributed by atoms with Crippen LogP contribution in [0.2, 0.25) is 0 Å². The summed E-state index contributed by atoms with van der Waals surface area (Å²) >= 11 is 0. The minimum absolute atomic E-state index is 0.242. The number of para-hydroxylation sites is 1. The van der Waals surface area contributed by atoms with Gasteiger partial charge in [0.2, 0.25) is 0 Å². The number of ether oxygens (including phenoxy) is 3. The predicted octanol–water partition coefficient (Wildman–Crippen LogP) is 2.81. The van der Waals surface area contributed by atoms with E-state index in [2.05, 4.69) is 0 Å². The molecule has 2 atom stereocenters. The van der Waals surface area contributed by atoms with Crippen LogP contribution in [0.5, 0.6) is 5.75 Å². The van der Waals surface area contributed by atoms with Crippen LogP contribution in [0.1, 0.15) is 20.8 Å². The number of benzene rings is 1. The summed E-state index contributed by atoms with van der Waals surface area (Å²) in [5.74, 6) is 0.800. The zero-order chi connectivity index (χ0) is 11.1. The molecule has 0 saturated heterocycles. The molecule has 0 N–H and O–H groups in total. The van der Waals surface area contributed by atoms with E-state index in [1.165, 1.54) is 0 Å². The smallest absolute Gasteiger partial charge is 0.199 e. The maximum absolute atomic E-state index is 5.53. The summed E-state index contributed by atoms with van der Waals surface area (Å²) in [6.07, 6.45) is -0.553. The highest BCUT2D eigenvalue weighted by molar-refractivity contribution is 5.20. The molecule has 0 aromatic heterocycles. The first-order valence-electron chi connectivity index (χ1n) is 5.21. The van der Waals surface area contributed by atoms with Crippen molar-refractivity contribution in [1.82, 2.24) is 0 Å². The molecule has 0 amide bonds. The lowest BCUT2D eigenvalue weighted by atomic mass is 10.3. The van der Waals surface area contributed by atoms with Crippen molar-refractivity contribution in [2.75, 3.05) is 6.61 Å². The Hall–Kier alpha value is -1.06. The molecule has 3 heteroatoms. The predicted molar refractivity (Wildman–Crippen MR) is 58.7 cm³/mol. The van der Waals surface area contributed by atoms with Gasteiger partial charge in [0, 0.05) is 6.61 Å². The second-order valence-electron chi connectivity index (χ2n) is 3.16. The van der Waals surface area contributed by atoms with E-state index in [-0.39, 0.29) is 12.6 Å². The van der Waals surface area contributed by atoms with Crippen molar-refractivity contribution >= 4 is 0 Å². The molecule has 84 valence electrons. The molecule has 3 nitrogen and oxygen atoms in total. The van der Waals surface area contributed by atoms with Gasteiger partial charge in [-0.1, -0.05) is 18.2 Å². The van der Waals surface area contributed by atoms with Crippen molar-refractivity contribution in [3.63, 3.8) is 0 Å². The van der Waals surface area contributed by atoms with Crippen molar-refractivity contribution < 1.29 is 14.2 Å². The summed E-state index contributed by atoms with van der Waals surface area (Å²) in [5.41, 5.74) is 0. The van der Waals surface area contributed by atoms with Gasteiger partial charge in [0.15, 0.2) is 12.6 Å². The largest absolute Gasteiger partial charge is 0.465 e. The van der Waals surface area contributed by atoms with Gasteiger partial charge in [-0.15, -0.1) is 0 Å². The minimum Gasteiger partial charge on any atom is -0.465 e. The van der Waals surface area contributed by atoms with Crippen LogP contribution in [0, 0.1) is 0 Å². The normalized spacial score (nSPS) is 14.6. The average molecular weight is 210 g/mol. The first-order chi connectivity index (χ1) is 7.22. The number of hydrogen-bond acceptors (Lipinski definition) is 3. The Balaban J connectivity index is 2.33. The molecular weight excluding hydrogens is 192 g/mol. The van der Waals surface area contributed by atoms with E-state index >= 15 is 0 Å². The van der Waals surface area contributed by atoms with E-state index in [1.54, 1.807) is 0 Å². The summed E-state index contributed by atoms with van der Waals surface area (Å²) in [6.45, 7) is 6.28. The first kappa shape index (κ1) is 12.0. The van der Waals surface area contributed by atoms with Gasteiger partial charge in [0.1, 0.15) is 5.75 Å². The third-order valence-corrected chi connectivity index (χ3v) is 1.83. The Morgan fingerprint density at radius 3 is 2.33 bits per heavy atom. The summed E-state index contributed by atoms with van der Waals surface area (Å²) in [6, 6.07) is 9.58. The topological polar surface area (TPSA) is 27.7 Å². The fraction of sp³-hybridized carbons (Fsp3) is 0.500. The lowest BCUT2D eigenvalue weighted by Gasteiger charge is -2.19. The van der Waals surface area contributed by atoms with Gasteiger partial charge in [0.25, 0.3) is 0 Å². The van der Waals surface area contributed by atoms with Crippen LogP contribution in [0.15, 0.2) is 30.3 Å². The number of hydrogen-bond donors (Lipinski definition) is 0. The molecule has 0 bridgehead atoms. The quantitative estimate of drug-likeness (QED) is 0.676. The summed E-state index contributed by atoms with van der Waals surface area (Å²) in [4.78, 5) is 0. The minimum atomic E-state index is -0.311. The second-order valence-corrected chi connectivity index (χ2v) is 3.16. The Bertz CT molecular complexity index is 261. The molecule has 0 aliphatic rings. The monoisotopic (exact) mass is 210 g/mol. The van der Waals surface area contributed by atoms with Gasteiger partial charge in [-0.2, -0.15) is 0 Å². The van der Waals surface area contributed by atoms with E-state index in [4.69, 9.17) is 14.2 Å². The zero-order valence-corrected chi connectivity index (χ0v) is 9.47. The molecule has 1 rings (SSSR count). The molecular formula is C12H18O3. The van der Waals surface area contributed by atoms with Crippen LogP contribution in [-0.4, -0.2) is 19.2 Å². The van der Waals surface area contributed by atoms with Crippen molar-refractivity contribution in [2.45, 2.75) is 33.4 Å². The Labute approximate surface area is 91.0 Å². The zero-order valence-electron chi connectivity index (χ0n) is 9.47. The van der Waals surface area contributed by atoms with Gasteiger partial charge in [0.05, 0.1) is 0 Å². The first-order valence-corrected chi connectivity index (χ1v) is 5.21. The molecule has 2 unspecified atom stereocenters. The lowest BCUT2D eigenvalue weighted by molar-refractivity contribution is -0.202. The van der Waals surface area contributed by atoms with Crippen molar-refractivity contribution in [3.05, 3.63) is 30.3 Å². The maximum Gasteiger partial charge on any atom is 0.199 e. The molecule has 0 aliphatic carbocycles. The highest BCUT2D eigenvalue weighted by Gasteiger charge is 2.08. The highest BCUT2D eigenvalue weighted by Crippen LogP contribution is 2.12. The van der Waals surface area contributed by atoms with Crippen LogP contribution in [0.25, 0.3) is 0 Å². The van der Waals surface area contributed by atoms with E-state index in [0.717, 1.165) is 5.75 Å². The van der Waals surface area contributed by atoms with Gasteiger partial charge < -0.3 is 14.2 Å². The average Bonchev–Trinajstić information content (AvgIpc) is 2.19. The molecule has 1 aromatic rings. The fourth-order valence-electron chi connectivity index (χ4n) is 1.26. The fourth-order valence-corrected chi connectivity index (χ4v) is 1.26. The molecule has 0 aliphatic heterocycles. The van der Waals surface area contributed by atoms with Crippen LogP contribution in [0.4, 0.5) is 0 Å². The van der Waals surface area contributed by atoms with E-state index in [9.17, 15) is 0 Å². The van der Waals surface area contributed by atoms with Gasteiger partial charge in [-0.05, 0) is 32.9 Å². The molecule has 0 saturated carbocycles. The third-order valence-electron chi connectivity index (χ3n) is 1.83. The van der Waals surface area contributed by atoms with Crippen molar-refractivity contribution in [2.24, 2.45) is 0 Å². The maximum atomic E-state index is 5.53. The van der Waals surface area contributed by atoms with Crippen molar-refractivity contribution in [3.8, 4) is 5.75 Å². The molecule has 0 spiro atoms. The number of rotatable bonds is 6. The van der Waals surface area contributed by atoms with E-state index in [0.29, 0.717) is 6.61 Å². The Kier molecular flexibility index (Phi) is 5.15. The van der Waals surface area contributed by atoms with Crippen LogP contribution in [-0.2, 0) is 9.47 Å². The Morgan fingerprint density at radius 2 is 1.73 bits per heavy atom. The lowest BCUT2D eigenvalue weighted by Crippen LogP contribution is -2.24. The molecule has 0 heterocycles. The SMILES string of the molecule is CCOC(C)OC(C)Oc1ccccc1. The Morgan fingerprint density at radius 1 is 1.07 bits per heavy atom. The van der Waals surface area contributed by atoms with Crippen LogP contribution >= 0.6 is 0 Å². The van der Waals surface area contributed by atoms with Crippen LogP contribution in [0.3, 0.4) is 0 Å². The highest BCUT2D eigenvalue weighted by atomic mass is 16.8. The van der Waals surface area contributed by atoms with Crippen LogP contribution < -0.4 is 4.74 Å². The van der Waals surface area contributed by atoms with Gasteiger partial charge >= 0.3 is 0 Å². The summed E-state index contributed by atoms with van der Waals surface area (Å²) < 4.78 is 16.2. The standard InChI is InChI=1S/C12H18O3/c1-4-13-10(2)14-11(3)15-12-8-6-5-7-9-12/h5-11H,4H2,1-3H3. The third kappa shape index (κ3) is 4.81. The summed E-state index contributed by atoms with van der Waals surface area (Å²) in [7, 11) is 0. The van der Waals surface area contributed by atoms with Crippen molar-refractivity contribution in [1.29, 1.82) is 0 Å². The van der Waals surface area contributed by atoms with Gasteiger partial charge in [-0.25, -0.2) is 0 Å². The summed E-state index contributed by atoms with van der Waals surface area (Å²) in [5, 5.41) is 0. The molecule has 15 heavy (non-hydrogen) atoms. The van der Waals surface area contributed by atoms with E-state index in [1.807, 2.05) is 51.1 Å². The van der Waals surface area contributed by atoms with Gasteiger partial charge in [-0.3, -0.25) is 0 Å². The molecule has 0 radical (unpaired) electrons. The van der Waals surface area contributed by atoms with E-state index < -0.39 is 0 Å². The molecule has 0 fully saturated rings. The second kappa shape index (κ2) is 6.43. The molecule has 1 aromatic carbocycles.